The van der Waals surface area contributed by atoms with Gasteiger partial charge in [-0.15, -0.1) is 0 Å². The van der Waals surface area contributed by atoms with Crippen molar-refractivity contribution in [3.63, 3.8) is 0 Å². The van der Waals surface area contributed by atoms with Gasteiger partial charge in [-0.1, -0.05) is 15.9 Å². The van der Waals surface area contributed by atoms with E-state index in [0.717, 1.165) is 0 Å². The maximum atomic E-state index is 11.7. The first-order chi connectivity index (χ1) is 9.11. The second kappa shape index (κ2) is 5.91. The van der Waals surface area contributed by atoms with Gasteiger partial charge in [-0.3, -0.25) is 4.79 Å². The van der Waals surface area contributed by atoms with Crippen molar-refractivity contribution in [2.24, 2.45) is 5.73 Å². The van der Waals surface area contributed by atoms with E-state index in [2.05, 4.69) is 26.6 Å². The van der Waals surface area contributed by atoms with Crippen molar-refractivity contribution in [2.45, 2.75) is 19.4 Å². The van der Waals surface area contributed by atoms with Gasteiger partial charge in [0, 0.05) is 10.2 Å². The Labute approximate surface area is 123 Å². The summed E-state index contributed by atoms with van der Waals surface area (Å²) in [5.41, 5.74) is 4.21. The predicted octanol–water partition coefficient (Wildman–Crippen LogP) is 1.53. The second-order valence-electron chi connectivity index (χ2n) is 4.60. The monoisotopic (exact) mass is 343 g/mol. The second-order valence-corrected chi connectivity index (χ2v) is 5.52. The summed E-state index contributed by atoms with van der Waals surface area (Å²) in [5.74, 6) is -1.81. The zero-order valence-corrected chi connectivity index (χ0v) is 12.4. The van der Waals surface area contributed by atoms with Gasteiger partial charge in [-0.25, -0.2) is 9.59 Å². The lowest BCUT2D eigenvalue weighted by molar-refractivity contribution is -0.122. The number of hydrogen-bond donors (Lipinski definition) is 4. The molecule has 0 unspecified atom stereocenters. The lowest BCUT2D eigenvalue weighted by atomic mass is 10.1. The normalized spacial score (nSPS) is 10.8. The van der Waals surface area contributed by atoms with Crippen molar-refractivity contribution < 1.29 is 19.5 Å². The van der Waals surface area contributed by atoms with Gasteiger partial charge >= 0.3 is 12.0 Å². The first-order valence-electron chi connectivity index (χ1n) is 5.55. The highest BCUT2D eigenvalue weighted by Gasteiger charge is 2.26. The quantitative estimate of drug-likeness (QED) is 0.662. The number of carbonyl (C=O) groups is 3. The van der Waals surface area contributed by atoms with Crippen LogP contribution >= 0.6 is 15.9 Å². The number of anilines is 1. The molecular formula is C12H14BrN3O4. The minimum atomic E-state index is -1.22. The number of carboxylic acid groups (broad SMARTS) is 1. The maximum absolute atomic E-state index is 11.7. The molecule has 1 rings (SSSR count). The molecule has 8 heteroatoms. The van der Waals surface area contributed by atoms with E-state index < -0.39 is 23.4 Å². The molecule has 108 valence electrons. The summed E-state index contributed by atoms with van der Waals surface area (Å²) >= 11 is 3.15. The smallest absolute Gasteiger partial charge is 0.335 e. The lowest BCUT2D eigenvalue weighted by Crippen LogP contribution is -2.54. The molecule has 0 aliphatic rings. The van der Waals surface area contributed by atoms with Gasteiger partial charge in [0.05, 0.1) is 5.56 Å². The number of benzene rings is 1. The van der Waals surface area contributed by atoms with Crippen molar-refractivity contribution in [2.75, 3.05) is 5.32 Å². The molecule has 0 aromatic heterocycles. The van der Waals surface area contributed by atoms with E-state index in [4.69, 9.17) is 10.8 Å². The highest BCUT2D eigenvalue weighted by Crippen LogP contribution is 2.19. The standard InChI is InChI=1S/C12H14BrN3O4/c1-12(2,10(14)19)16-11(20)15-8-4-6(9(17)18)3-7(13)5-8/h3-5H,1-2H3,(H2,14,19)(H,17,18)(H2,15,16,20). The van der Waals surface area contributed by atoms with Crippen LogP contribution in [0.1, 0.15) is 24.2 Å². The molecule has 0 spiro atoms. The summed E-state index contributed by atoms with van der Waals surface area (Å²) in [7, 11) is 0. The molecular weight excluding hydrogens is 330 g/mol. The van der Waals surface area contributed by atoms with Crippen molar-refractivity contribution in [1.82, 2.24) is 5.32 Å². The predicted molar refractivity (Wildman–Crippen MR) is 76.5 cm³/mol. The Bertz CT molecular complexity index is 572. The molecule has 1 aromatic rings. The molecule has 20 heavy (non-hydrogen) atoms. The molecule has 5 N–H and O–H groups in total. The summed E-state index contributed by atoms with van der Waals surface area (Å²) < 4.78 is 0.502. The zero-order chi connectivity index (χ0) is 15.5. The van der Waals surface area contributed by atoms with E-state index >= 15 is 0 Å². The van der Waals surface area contributed by atoms with E-state index in [0.29, 0.717) is 4.47 Å². The Kier molecular flexibility index (Phi) is 4.72. The third kappa shape index (κ3) is 4.23. The Morgan fingerprint density at radius 1 is 1.25 bits per heavy atom. The van der Waals surface area contributed by atoms with E-state index in [9.17, 15) is 14.4 Å². The van der Waals surface area contributed by atoms with Crippen LogP contribution in [0.3, 0.4) is 0 Å². The van der Waals surface area contributed by atoms with Crippen molar-refractivity contribution in [3.8, 4) is 0 Å². The third-order valence-electron chi connectivity index (χ3n) is 2.44. The number of aromatic carboxylic acids is 1. The third-order valence-corrected chi connectivity index (χ3v) is 2.90. The molecule has 0 aliphatic carbocycles. The van der Waals surface area contributed by atoms with E-state index in [1.54, 1.807) is 0 Å². The number of nitrogens with one attached hydrogen (secondary N) is 2. The fourth-order valence-corrected chi connectivity index (χ4v) is 1.79. The average molecular weight is 344 g/mol. The number of carboxylic acids is 1. The number of halogens is 1. The largest absolute Gasteiger partial charge is 0.478 e. The van der Waals surface area contributed by atoms with Gasteiger partial charge in [0.1, 0.15) is 5.54 Å². The number of urea groups is 1. The number of amides is 3. The molecule has 3 amide bonds. The van der Waals surface area contributed by atoms with Gasteiger partial charge in [0.2, 0.25) is 5.91 Å². The van der Waals surface area contributed by atoms with Gasteiger partial charge in [0.25, 0.3) is 0 Å². The molecule has 0 atom stereocenters. The fourth-order valence-electron chi connectivity index (χ4n) is 1.29. The molecule has 0 saturated carbocycles. The summed E-state index contributed by atoms with van der Waals surface area (Å²) in [5, 5.41) is 13.7. The first-order valence-corrected chi connectivity index (χ1v) is 6.34. The topological polar surface area (TPSA) is 122 Å². The lowest BCUT2D eigenvalue weighted by Gasteiger charge is -2.22. The molecule has 0 saturated heterocycles. The van der Waals surface area contributed by atoms with Crippen molar-refractivity contribution in [1.29, 1.82) is 0 Å². The summed E-state index contributed by atoms with van der Waals surface area (Å²) in [6.45, 7) is 2.91. The van der Waals surface area contributed by atoms with Crippen LogP contribution in [0.2, 0.25) is 0 Å². The van der Waals surface area contributed by atoms with Gasteiger partial charge in [-0.2, -0.15) is 0 Å². The Morgan fingerprint density at radius 3 is 2.35 bits per heavy atom. The Morgan fingerprint density at radius 2 is 1.85 bits per heavy atom. The number of rotatable bonds is 4. The van der Waals surface area contributed by atoms with Gasteiger partial charge in [0.15, 0.2) is 0 Å². The molecule has 1 aromatic carbocycles. The zero-order valence-electron chi connectivity index (χ0n) is 10.9. The van der Waals surface area contributed by atoms with Crippen LogP contribution in [0.15, 0.2) is 22.7 Å². The van der Waals surface area contributed by atoms with Crippen molar-refractivity contribution in [3.05, 3.63) is 28.2 Å². The van der Waals surface area contributed by atoms with E-state index in [-0.39, 0.29) is 11.3 Å². The van der Waals surface area contributed by atoms with Crippen LogP contribution in [0.5, 0.6) is 0 Å². The average Bonchev–Trinajstić information content (AvgIpc) is 2.26. The SMILES string of the molecule is CC(C)(NC(=O)Nc1cc(Br)cc(C(=O)O)c1)C(N)=O. The molecule has 7 nitrogen and oxygen atoms in total. The van der Waals surface area contributed by atoms with Crippen LogP contribution in [-0.4, -0.2) is 28.6 Å². The maximum Gasteiger partial charge on any atom is 0.335 e. The molecule has 0 bridgehead atoms. The molecule has 0 fully saturated rings. The summed E-state index contributed by atoms with van der Waals surface area (Å²) in [6, 6.07) is 3.56. The minimum absolute atomic E-state index is 0.0174. The molecule has 0 heterocycles. The number of nitrogens with two attached hydrogens (primary N) is 1. The summed E-state index contributed by atoms with van der Waals surface area (Å²) in [4.78, 5) is 33.7. The van der Waals surface area contributed by atoms with Crippen LogP contribution in [0.25, 0.3) is 0 Å². The molecule has 0 radical (unpaired) electrons. The minimum Gasteiger partial charge on any atom is -0.478 e. The molecule has 0 aliphatic heterocycles. The number of primary amides is 1. The fraction of sp³-hybridized carbons (Fsp3) is 0.250. The highest BCUT2D eigenvalue weighted by molar-refractivity contribution is 9.10. The number of carbonyl (C=O) groups excluding carboxylic acids is 2. The van der Waals surface area contributed by atoms with Crippen LogP contribution in [0, 0.1) is 0 Å². The Balaban J connectivity index is 2.86. The van der Waals surface area contributed by atoms with Crippen LogP contribution in [-0.2, 0) is 4.79 Å². The van der Waals surface area contributed by atoms with Gasteiger partial charge in [-0.05, 0) is 32.0 Å². The van der Waals surface area contributed by atoms with Crippen LogP contribution < -0.4 is 16.4 Å². The van der Waals surface area contributed by atoms with E-state index in [1.165, 1.54) is 32.0 Å². The highest BCUT2D eigenvalue weighted by atomic mass is 79.9. The van der Waals surface area contributed by atoms with Crippen molar-refractivity contribution >= 4 is 39.5 Å². The van der Waals surface area contributed by atoms with Crippen LogP contribution in [0.4, 0.5) is 10.5 Å². The summed E-state index contributed by atoms with van der Waals surface area (Å²) in [6.07, 6.45) is 0. The number of hydrogen-bond acceptors (Lipinski definition) is 3. The van der Waals surface area contributed by atoms with E-state index in [1.807, 2.05) is 0 Å². The van der Waals surface area contributed by atoms with Gasteiger partial charge < -0.3 is 21.5 Å². The Hall–Kier alpha value is -2.09. The first kappa shape index (κ1) is 16.0.